The van der Waals surface area contributed by atoms with E-state index in [0.717, 1.165) is 0 Å². The zero-order valence-electron chi connectivity index (χ0n) is 27.4. The average molecular weight is 731 g/mol. The van der Waals surface area contributed by atoms with E-state index in [4.69, 9.17) is 0 Å². The number of benzene rings is 1. The topological polar surface area (TPSA) is 327 Å². The smallest absolute Gasteiger partial charge is 0.748 e. The van der Waals surface area contributed by atoms with E-state index in [-0.39, 0.29) is 139 Å². The van der Waals surface area contributed by atoms with Gasteiger partial charge in [-0.1, -0.05) is 6.07 Å². The van der Waals surface area contributed by atoms with Crippen LogP contribution >= 0.6 is 0 Å². The third kappa shape index (κ3) is 16.3. The number of aliphatic hydroxyl groups is 4. The van der Waals surface area contributed by atoms with E-state index in [1.54, 1.807) is 24.3 Å². The van der Waals surface area contributed by atoms with Crippen LogP contribution in [0.25, 0.3) is 0 Å². The largest absolute Gasteiger partial charge is 1.00 e. The van der Waals surface area contributed by atoms with Gasteiger partial charge >= 0.3 is 37.7 Å². The maximum atomic E-state index is 11.0. The van der Waals surface area contributed by atoms with Gasteiger partial charge in [0, 0.05) is 50.6 Å². The summed E-state index contributed by atoms with van der Waals surface area (Å²) in [6.45, 7) is -1.50. The Morgan fingerprint density at radius 3 is 1.24 bits per heavy atom. The third-order valence-electron chi connectivity index (χ3n) is 5.94. The summed E-state index contributed by atoms with van der Waals surface area (Å²) in [7, 11) is -9.03. The third-order valence-corrected chi connectivity index (χ3v) is 7.35. The minimum atomic E-state index is -4.52. The molecule has 0 bridgehead atoms. The Morgan fingerprint density at radius 2 is 0.920 bits per heavy atom. The van der Waals surface area contributed by atoms with Gasteiger partial charge in [-0.05, 0) is 18.2 Å². The Morgan fingerprint density at radius 1 is 0.580 bits per heavy atom. The number of aromatic nitrogens is 6. The predicted molar refractivity (Wildman–Crippen MR) is 172 cm³/mol. The van der Waals surface area contributed by atoms with Crippen LogP contribution in [0.4, 0.5) is 47.1 Å². The summed E-state index contributed by atoms with van der Waals surface area (Å²) in [6.07, 6.45) is 0. The van der Waals surface area contributed by atoms with E-state index in [9.17, 15) is 46.4 Å². The molecule has 0 aliphatic carbocycles. The molecule has 0 fully saturated rings. The Balaban J connectivity index is 0.00000625. The molecule has 0 saturated carbocycles. The van der Waals surface area contributed by atoms with Gasteiger partial charge in [-0.2, -0.15) is 29.9 Å². The van der Waals surface area contributed by atoms with E-state index in [1.807, 2.05) is 0 Å². The molecule has 2 aromatic heterocycles. The first-order chi connectivity index (χ1) is 22.8. The fourth-order valence-electron chi connectivity index (χ4n) is 3.90. The molecule has 0 spiro atoms. The molecule has 2 heterocycles. The summed E-state index contributed by atoms with van der Waals surface area (Å²) in [5.74, 6) is -1.59. The van der Waals surface area contributed by atoms with Crippen LogP contribution in [0.3, 0.4) is 0 Å². The van der Waals surface area contributed by atoms with Gasteiger partial charge in [0.1, 0.15) is 0 Å². The second kappa shape index (κ2) is 22.0. The van der Waals surface area contributed by atoms with E-state index in [0.29, 0.717) is 11.4 Å². The number of nitrogens with zero attached hydrogens (tertiary/aromatic N) is 8. The molecule has 0 radical (unpaired) electrons. The van der Waals surface area contributed by atoms with Crippen LogP contribution in [-0.2, 0) is 20.2 Å². The van der Waals surface area contributed by atoms with Crippen molar-refractivity contribution in [1.82, 2.24) is 29.9 Å². The summed E-state index contributed by atoms with van der Waals surface area (Å²) in [5, 5.41) is 49.1. The molecule has 50 heavy (non-hydrogen) atoms. The van der Waals surface area contributed by atoms with Gasteiger partial charge in [0.25, 0.3) is 0 Å². The van der Waals surface area contributed by atoms with E-state index in [2.05, 4.69) is 51.2 Å². The van der Waals surface area contributed by atoms with E-state index < -0.39 is 31.7 Å². The summed E-state index contributed by atoms with van der Waals surface area (Å²) >= 11 is 0. The van der Waals surface area contributed by atoms with Crippen LogP contribution in [0.5, 0.6) is 0 Å². The monoisotopic (exact) mass is 730 g/mol. The van der Waals surface area contributed by atoms with Crippen molar-refractivity contribution in [2.75, 3.05) is 108 Å². The van der Waals surface area contributed by atoms with Gasteiger partial charge in [-0.25, -0.2) is 16.8 Å². The van der Waals surface area contributed by atoms with Crippen molar-refractivity contribution in [2.24, 2.45) is 0 Å². The number of nitrogens with one attached hydrogen (secondary N) is 4. The first-order valence-corrected chi connectivity index (χ1v) is 17.4. The molecule has 266 valence electrons. The molecular weight excluding hydrogens is 694 g/mol. The molecule has 0 aliphatic heterocycles. The molecule has 3 aromatic rings. The number of aliphatic hydroxyl groups excluding tert-OH is 4. The van der Waals surface area contributed by atoms with Crippen LogP contribution in [0.1, 0.15) is 0 Å². The normalized spacial score (nSPS) is 11.2. The molecule has 22 nitrogen and oxygen atoms in total. The summed E-state index contributed by atoms with van der Waals surface area (Å²) < 4.78 is 66.3. The standard InChI is InChI=1S/C24H38N12O10S2.2Li/c37-10-6-35(7-11-38)23-31-19(25-4-14-47(41,42)43)29-21(33-23)27-17-2-1-3-18(16-17)28-22-30-20(26-5-15-48(44,45)46)32-24(34-22)36(8-12-39)9-13-40;;/h1-3,16,37-40H,4-15H2,(H,41,42,43)(H,44,45,46)(H2,25,27,29,31,33)(H2,26,28,30,32,34);;/q;2*+1/p-2. The van der Waals surface area contributed by atoms with Gasteiger partial charge in [-0.15, -0.1) is 0 Å². The molecule has 0 unspecified atom stereocenters. The van der Waals surface area contributed by atoms with Crippen LogP contribution < -0.4 is 68.8 Å². The van der Waals surface area contributed by atoms with Gasteiger partial charge in [0.2, 0.25) is 35.7 Å². The number of hydrogen-bond donors (Lipinski definition) is 8. The van der Waals surface area contributed by atoms with Crippen LogP contribution in [0.15, 0.2) is 24.3 Å². The summed E-state index contributed by atoms with van der Waals surface area (Å²) in [4.78, 5) is 28.5. The molecule has 0 aliphatic rings. The quantitative estimate of drug-likeness (QED) is 0.0351. The SMILES string of the molecule is O=S(=O)([O-])CCNc1nc(Nc2cccc(Nc3nc(NCCS(=O)(=O)[O-])nc(N(CCO)CCO)n3)c2)nc(N(CCO)CCO)n1.[Li+].[Li+]. The second-order valence-corrected chi connectivity index (χ2v) is 12.7. The summed E-state index contributed by atoms with van der Waals surface area (Å²) in [5.41, 5.74) is 0.855. The molecule has 8 N–H and O–H groups in total. The van der Waals surface area contributed by atoms with Gasteiger partial charge in [0.15, 0.2) is 0 Å². The van der Waals surface area contributed by atoms with Crippen LogP contribution in [0.2, 0.25) is 0 Å². The van der Waals surface area contributed by atoms with Crippen molar-refractivity contribution in [1.29, 1.82) is 0 Å². The Bertz CT molecular complexity index is 1570. The van der Waals surface area contributed by atoms with Crippen LogP contribution in [-0.4, -0.2) is 153 Å². The molecule has 0 saturated heterocycles. The molecular formula is C24H36Li2N12O10S2. The zero-order chi connectivity index (χ0) is 35.2. The predicted octanol–water partition coefficient (Wildman–Crippen LogP) is -8.95. The minimum absolute atomic E-state index is 0. The molecule has 0 atom stereocenters. The minimum Gasteiger partial charge on any atom is -0.748 e. The maximum Gasteiger partial charge on any atom is 1.00 e. The van der Waals surface area contributed by atoms with Crippen molar-refractivity contribution in [3.8, 4) is 0 Å². The Kier molecular flexibility index (Phi) is 19.7. The zero-order valence-corrected chi connectivity index (χ0v) is 29.1. The number of anilines is 8. The molecule has 3 rings (SSSR count). The maximum absolute atomic E-state index is 11.0. The van der Waals surface area contributed by atoms with E-state index in [1.165, 1.54) is 9.80 Å². The van der Waals surface area contributed by atoms with Crippen molar-refractivity contribution >= 4 is 67.3 Å². The van der Waals surface area contributed by atoms with Crippen molar-refractivity contribution in [2.45, 2.75) is 0 Å². The molecule has 1 aromatic carbocycles. The second-order valence-electron chi connectivity index (χ2n) is 9.64. The van der Waals surface area contributed by atoms with Gasteiger partial charge in [0.05, 0.1) is 58.2 Å². The summed E-state index contributed by atoms with van der Waals surface area (Å²) in [6, 6.07) is 6.58. The average Bonchev–Trinajstić information content (AvgIpc) is 2.99. The van der Waals surface area contributed by atoms with Crippen molar-refractivity contribution in [3.05, 3.63) is 24.3 Å². The fraction of sp³-hybridized carbons (Fsp3) is 0.500. The fourth-order valence-corrected chi connectivity index (χ4v) is 4.60. The van der Waals surface area contributed by atoms with Crippen LogP contribution in [0, 0.1) is 0 Å². The van der Waals surface area contributed by atoms with E-state index >= 15 is 0 Å². The number of hydrogen-bond acceptors (Lipinski definition) is 22. The first kappa shape index (κ1) is 44.9. The Hall–Kier alpha value is -3.11. The van der Waals surface area contributed by atoms with Gasteiger partial charge in [-0.3, -0.25) is 0 Å². The molecule has 0 amide bonds. The van der Waals surface area contributed by atoms with Crippen molar-refractivity contribution in [3.63, 3.8) is 0 Å². The van der Waals surface area contributed by atoms with Crippen molar-refractivity contribution < 1.29 is 84.1 Å². The first-order valence-electron chi connectivity index (χ1n) is 14.3. The molecule has 26 heteroatoms. The Labute approximate surface area is 312 Å². The van der Waals surface area contributed by atoms with Gasteiger partial charge < -0.3 is 60.6 Å². The number of rotatable bonds is 22.